The second-order valence-corrected chi connectivity index (χ2v) is 8.01. The third-order valence-corrected chi connectivity index (χ3v) is 5.94. The third-order valence-electron chi connectivity index (χ3n) is 5.34. The molecule has 0 saturated carbocycles. The van der Waals surface area contributed by atoms with Crippen molar-refractivity contribution in [3.63, 3.8) is 0 Å². The Morgan fingerprint density at radius 1 is 1.07 bits per heavy atom. The first-order chi connectivity index (χ1) is 14.6. The van der Waals surface area contributed by atoms with Gasteiger partial charge in [-0.1, -0.05) is 54.2 Å². The summed E-state index contributed by atoms with van der Waals surface area (Å²) < 4.78 is 11.8. The summed E-state index contributed by atoms with van der Waals surface area (Å²) in [7, 11) is 1.66. The Hall–Kier alpha value is -3.02. The van der Waals surface area contributed by atoms with Crippen LogP contribution in [0.1, 0.15) is 17.3 Å². The number of nitrogens with zero attached hydrogens (tertiary/aromatic N) is 1. The van der Waals surface area contributed by atoms with Crippen LogP contribution in [0.4, 0.5) is 5.69 Å². The van der Waals surface area contributed by atoms with Gasteiger partial charge >= 0.3 is 0 Å². The van der Waals surface area contributed by atoms with Gasteiger partial charge in [0.2, 0.25) is 5.88 Å². The van der Waals surface area contributed by atoms with Crippen molar-refractivity contribution in [1.82, 2.24) is 5.32 Å². The lowest BCUT2D eigenvalue weighted by Gasteiger charge is -2.42. The fourth-order valence-corrected chi connectivity index (χ4v) is 4.33. The number of methoxy groups -OCH3 is 1. The van der Waals surface area contributed by atoms with Crippen molar-refractivity contribution in [2.75, 3.05) is 12.0 Å². The van der Waals surface area contributed by atoms with Gasteiger partial charge in [-0.15, -0.1) is 0 Å². The number of benzene rings is 3. The summed E-state index contributed by atoms with van der Waals surface area (Å²) in [5, 5.41) is 4.20. The predicted molar refractivity (Wildman–Crippen MR) is 123 cm³/mol. The number of hydrogen-bond donors (Lipinski definition) is 1. The predicted octanol–water partition coefficient (Wildman–Crippen LogP) is 5.63. The number of ether oxygens (including phenoxy) is 2. The van der Waals surface area contributed by atoms with Crippen molar-refractivity contribution in [2.45, 2.75) is 12.6 Å². The number of nitrogens with one attached hydrogen (secondary N) is 1. The molecule has 0 fully saturated rings. The summed E-state index contributed by atoms with van der Waals surface area (Å²) in [6.45, 7) is 0. The highest BCUT2D eigenvalue weighted by atomic mass is 35.5. The van der Waals surface area contributed by atoms with Gasteiger partial charge in [0.05, 0.1) is 12.7 Å². The van der Waals surface area contributed by atoms with E-state index in [9.17, 15) is 0 Å². The van der Waals surface area contributed by atoms with Crippen molar-refractivity contribution in [3.05, 3.63) is 100 Å². The molecule has 0 radical (unpaired) electrons. The smallest absolute Gasteiger partial charge is 0.208 e. The third kappa shape index (κ3) is 3.30. The number of rotatable bonds is 3. The lowest BCUT2D eigenvalue weighted by atomic mass is 9.98. The summed E-state index contributed by atoms with van der Waals surface area (Å²) >= 11 is 12.0. The molecule has 0 bridgehead atoms. The van der Waals surface area contributed by atoms with E-state index in [1.54, 1.807) is 7.11 Å². The molecule has 5 rings (SSSR count). The van der Waals surface area contributed by atoms with Gasteiger partial charge in [0, 0.05) is 22.7 Å². The van der Waals surface area contributed by atoms with Crippen LogP contribution in [0.15, 0.2) is 84.3 Å². The minimum atomic E-state index is -0.195. The molecule has 0 saturated heterocycles. The Morgan fingerprint density at radius 2 is 1.83 bits per heavy atom. The maximum Gasteiger partial charge on any atom is 0.208 e. The molecule has 0 aromatic heterocycles. The SMILES string of the molecule is COc1ccc(N2C3=C(Cc4cc(Cl)ccc4O3)C(=S)NC2c2ccccc2)cc1. The molecule has 2 heterocycles. The first-order valence-corrected chi connectivity index (χ1v) is 10.4. The standard InChI is InChI=1S/C24H19ClN2O2S/c1-28-19-10-8-18(9-11-19)27-22(15-5-3-2-4-6-15)26-23(30)20-14-16-13-17(25)7-12-21(16)29-24(20)27/h2-13,22H,14H2,1H3,(H,26,30). The van der Waals surface area contributed by atoms with Crippen LogP contribution in [-0.4, -0.2) is 12.1 Å². The average Bonchev–Trinajstić information content (AvgIpc) is 2.79. The van der Waals surface area contributed by atoms with Crippen molar-refractivity contribution >= 4 is 34.5 Å². The zero-order valence-electron chi connectivity index (χ0n) is 16.3. The molecule has 30 heavy (non-hydrogen) atoms. The van der Waals surface area contributed by atoms with Gasteiger partial charge in [0.15, 0.2) is 0 Å². The molecule has 2 aliphatic heterocycles. The van der Waals surface area contributed by atoms with E-state index in [1.807, 2.05) is 60.7 Å². The first-order valence-electron chi connectivity index (χ1n) is 9.62. The first kappa shape index (κ1) is 19.0. The quantitative estimate of drug-likeness (QED) is 0.540. The average molecular weight is 435 g/mol. The van der Waals surface area contributed by atoms with E-state index >= 15 is 0 Å². The van der Waals surface area contributed by atoms with Crippen LogP contribution in [0.25, 0.3) is 0 Å². The topological polar surface area (TPSA) is 33.7 Å². The summed E-state index contributed by atoms with van der Waals surface area (Å²) in [6.07, 6.45) is 0.463. The summed E-state index contributed by atoms with van der Waals surface area (Å²) in [5.74, 6) is 2.34. The molecule has 0 aliphatic carbocycles. The van der Waals surface area contributed by atoms with E-state index in [1.165, 1.54) is 0 Å². The molecule has 0 amide bonds. The molecule has 1 unspecified atom stereocenters. The Labute approximate surface area is 185 Å². The fourth-order valence-electron chi connectivity index (χ4n) is 3.86. The largest absolute Gasteiger partial charge is 0.497 e. The molecule has 0 spiro atoms. The van der Waals surface area contributed by atoms with Crippen LogP contribution in [0, 0.1) is 0 Å². The fraction of sp³-hybridized carbons (Fsp3) is 0.125. The molecule has 6 heteroatoms. The zero-order valence-corrected chi connectivity index (χ0v) is 17.8. The highest BCUT2D eigenvalue weighted by molar-refractivity contribution is 7.80. The molecule has 2 aliphatic rings. The summed E-state index contributed by atoms with van der Waals surface area (Å²) in [6, 6.07) is 23.8. The van der Waals surface area contributed by atoms with Crippen LogP contribution in [-0.2, 0) is 6.42 Å². The van der Waals surface area contributed by atoms with Crippen LogP contribution < -0.4 is 19.7 Å². The van der Waals surface area contributed by atoms with E-state index in [-0.39, 0.29) is 6.17 Å². The van der Waals surface area contributed by atoms with Gasteiger partial charge in [0.25, 0.3) is 0 Å². The van der Waals surface area contributed by atoms with Crippen molar-refractivity contribution in [1.29, 1.82) is 0 Å². The van der Waals surface area contributed by atoms with E-state index in [2.05, 4.69) is 22.3 Å². The maximum atomic E-state index is 6.42. The maximum absolute atomic E-state index is 6.42. The molecule has 3 aromatic carbocycles. The minimum Gasteiger partial charge on any atom is -0.497 e. The number of thiocarbonyl (C=S) groups is 1. The molecule has 1 N–H and O–H groups in total. The Kier molecular flexibility index (Phi) is 4.85. The second kappa shape index (κ2) is 7.67. The van der Waals surface area contributed by atoms with E-state index < -0.39 is 0 Å². The van der Waals surface area contributed by atoms with Crippen molar-refractivity contribution < 1.29 is 9.47 Å². The minimum absolute atomic E-state index is 0.195. The number of hydrogen-bond acceptors (Lipinski definition) is 4. The van der Waals surface area contributed by atoms with Crippen LogP contribution in [0.2, 0.25) is 5.02 Å². The van der Waals surface area contributed by atoms with Crippen molar-refractivity contribution in [3.8, 4) is 11.5 Å². The van der Waals surface area contributed by atoms with Gasteiger partial charge in [-0.05, 0) is 48.0 Å². The highest BCUT2D eigenvalue weighted by Crippen LogP contribution is 2.41. The van der Waals surface area contributed by atoms with Gasteiger partial charge in [0.1, 0.15) is 22.7 Å². The molecule has 1 atom stereocenters. The second-order valence-electron chi connectivity index (χ2n) is 7.17. The lowest BCUT2D eigenvalue weighted by Crippen LogP contribution is -2.49. The van der Waals surface area contributed by atoms with Gasteiger partial charge < -0.3 is 14.8 Å². The van der Waals surface area contributed by atoms with Crippen LogP contribution in [0.5, 0.6) is 11.5 Å². The van der Waals surface area contributed by atoms with E-state index in [0.717, 1.165) is 39.8 Å². The number of anilines is 1. The Bertz CT molecular complexity index is 1150. The van der Waals surface area contributed by atoms with Crippen LogP contribution >= 0.6 is 23.8 Å². The Balaban J connectivity index is 1.65. The summed E-state index contributed by atoms with van der Waals surface area (Å²) in [4.78, 5) is 2.84. The highest BCUT2D eigenvalue weighted by Gasteiger charge is 2.37. The lowest BCUT2D eigenvalue weighted by molar-refractivity contribution is 0.359. The monoisotopic (exact) mass is 434 g/mol. The number of halogens is 1. The van der Waals surface area contributed by atoms with E-state index in [4.69, 9.17) is 33.3 Å². The molecular formula is C24H19ClN2O2S. The Morgan fingerprint density at radius 3 is 2.57 bits per heavy atom. The van der Waals surface area contributed by atoms with Crippen molar-refractivity contribution in [2.24, 2.45) is 0 Å². The number of fused-ring (bicyclic) bond motifs is 1. The molecule has 3 aromatic rings. The van der Waals surface area contributed by atoms with Gasteiger partial charge in [-0.25, -0.2) is 0 Å². The van der Waals surface area contributed by atoms with E-state index in [0.29, 0.717) is 16.4 Å². The summed E-state index contributed by atoms with van der Waals surface area (Å²) in [5.41, 5.74) is 4.04. The molecular weight excluding hydrogens is 416 g/mol. The normalized spacial score (nSPS) is 17.6. The van der Waals surface area contributed by atoms with Crippen LogP contribution in [0.3, 0.4) is 0 Å². The molecule has 4 nitrogen and oxygen atoms in total. The van der Waals surface area contributed by atoms with Gasteiger partial charge in [-0.3, -0.25) is 4.90 Å². The van der Waals surface area contributed by atoms with Gasteiger partial charge in [-0.2, -0.15) is 0 Å². The zero-order chi connectivity index (χ0) is 20.7. The molecule has 150 valence electrons.